The smallest absolute Gasteiger partial charge is 0.0428 e. The van der Waals surface area contributed by atoms with E-state index in [1.54, 1.807) is 0 Å². The van der Waals surface area contributed by atoms with E-state index in [4.69, 9.17) is 11.5 Å². The van der Waals surface area contributed by atoms with Gasteiger partial charge in [-0.1, -0.05) is 31.7 Å². The fourth-order valence-corrected chi connectivity index (χ4v) is 7.01. The molecule has 4 atom stereocenters. The first-order chi connectivity index (χ1) is 14.9. The molecule has 6 rings (SSSR count). The van der Waals surface area contributed by atoms with Gasteiger partial charge in [-0.25, -0.2) is 0 Å². The number of nitrogen functional groups attached to an aromatic ring is 2. The number of benzene rings is 2. The Morgan fingerprint density at radius 3 is 2.61 bits per heavy atom. The Morgan fingerprint density at radius 2 is 1.84 bits per heavy atom. The molecule has 0 radical (unpaired) electrons. The van der Waals surface area contributed by atoms with Crippen molar-refractivity contribution in [2.75, 3.05) is 11.5 Å². The van der Waals surface area contributed by atoms with Crippen LogP contribution < -0.4 is 11.5 Å². The molecule has 0 saturated heterocycles. The molecule has 3 unspecified atom stereocenters. The first kappa shape index (κ1) is 19.5. The van der Waals surface area contributed by atoms with Crippen molar-refractivity contribution in [2.45, 2.75) is 71.1 Å². The Hall–Kier alpha value is -2.22. The fourth-order valence-electron chi connectivity index (χ4n) is 7.01. The molecule has 0 aliphatic heterocycles. The Balaban J connectivity index is 1.21. The normalized spacial score (nSPS) is 27.1. The summed E-state index contributed by atoms with van der Waals surface area (Å²) in [4.78, 5) is 0. The van der Waals surface area contributed by atoms with Crippen LogP contribution in [0.5, 0.6) is 0 Å². The third-order valence-electron chi connectivity index (χ3n) is 9.11. The highest BCUT2D eigenvalue weighted by Gasteiger charge is 2.47. The van der Waals surface area contributed by atoms with Crippen molar-refractivity contribution in [3.63, 3.8) is 0 Å². The zero-order valence-corrected chi connectivity index (χ0v) is 19.1. The fraction of sp³-hybridized carbons (Fsp3) is 0.517. The number of aryl methyl sites for hydroxylation is 2. The van der Waals surface area contributed by atoms with E-state index < -0.39 is 0 Å². The van der Waals surface area contributed by atoms with Gasteiger partial charge in [0, 0.05) is 16.9 Å². The average molecular weight is 413 g/mol. The van der Waals surface area contributed by atoms with Gasteiger partial charge >= 0.3 is 0 Å². The molecule has 162 valence electrons. The molecule has 0 heterocycles. The van der Waals surface area contributed by atoms with Gasteiger partial charge in [-0.05, 0) is 127 Å². The van der Waals surface area contributed by atoms with Gasteiger partial charge < -0.3 is 11.5 Å². The van der Waals surface area contributed by atoms with Crippen molar-refractivity contribution in [1.29, 1.82) is 0 Å². The van der Waals surface area contributed by atoms with Crippen LogP contribution in [0, 0.1) is 30.6 Å². The maximum Gasteiger partial charge on any atom is 0.0428 e. The van der Waals surface area contributed by atoms with Crippen LogP contribution in [0.15, 0.2) is 24.8 Å². The minimum absolute atomic E-state index is 0.589. The predicted molar refractivity (Wildman–Crippen MR) is 131 cm³/mol. The summed E-state index contributed by atoms with van der Waals surface area (Å²) in [5.41, 5.74) is 26.7. The number of nitrogens with two attached hydrogens (primary N) is 2. The van der Waals surface area contributed by atoms with Crippen LogP contribution in [-0.2, 0) is 25.7 Å². The number of fused-ring (bicyclic) bond motifs is 2. The van der Waals surface area contributed by atoms with Gasteiger partial charge in [0.1, 0.15) is 0 Å². The molecule has 2 nitrogen and oxygen atoms in total. The second-order valence-electron chi connectivity index (χ2n) is 11.0. The van der Waals surface area contributed by atoms with Crippen molar-refractivity contribution < 1.29 is 0 Å². The zero-order valence-electron chi connectivity index (χ0n) is 19.1. The van der Waals surface area contributed by atoms with E-state index in [9.17, 15) is 0 Å². The third kappa shape index (κ3) is 3.05. The molecule has 4 aliphatic carbocycles. The molecular weight excluding hydrogens is 376 g/mol. The molecule has 2 heteroatoms. The molecule has 2 saturated carbocycles. The quantitative estimate of drug-likeness (QED) is 0.572. The monoisotopic (exact) mass is 412 g/mol. The first-order valence-electron chi connectivity index (χ1n) is 12.4. The van der Waals surface area contributed by atoms with Crippen LogP contribution in [0.1, 0.15) is 77.5 Å². The van der Waals surface area contributed by atoms with Crippen molar-refractivity contribution in [1.82, 2.24) is 0 Å². The van der Waals surface area contributed by atoms with Crippen LogP contribution in [0.25, 0.3) is 5.57 Å². The molecule has 31 heavy (non-hydrogen) atoms. The molecule has 2 fully saturated rings. The van der Waals surface area contributed by atoms with Crippen molar-refractivity contribution >= 4 is 16.9 Å². The van der Waals surface area contributed by atoms with Crippen molar-refractivity contribution in [2.24, 2.45) is 23.7 Å². The second-order valence-corrected chi connectivity index (χ2v) is 11.0. The summed E-state index contributed by atoms with van der Waals surface area (Å²) >= 11 is 0. The highest BCUT2D eigenvalue weighted by atomic mass is 14.6. The maximum atomic E-state index is 6.73. The summed E-state index contributed by atoms with van der Waals surface area (Å²) in [5.74, 6) is 3.50. The Kier molecular flexibility index (Phi) is 4.32. The number of allylic oxidation sites excluding steroid dienone is 1. The van der Waals surface area contributed by atoms with Gasteiger partial charge in [0.05, 0.1) is 0 Å². The minimum atomic E-state index is 0.589. The SMILES string of the molecule is C=C(c1c(C)cc2c(c1N)CCC2)C1CC1C1Cc2ccc([C@H](C)C3CC3)c(N)c2C1. The van der Waals surface area contributed by atoms with E-state index >= 15 is 0 Å². The highest BCUT2D eigenvalue weighted by molar-refractivity contribution is 5.82. The summed E-state index contributed by atoms with van der Waals surface area (Å²) < 4.78 is 0. The zero-order chi connectivity index (χ0) is 21.4. The van der Waals surface area contributed by atoms with E-state index in [0.29, 0.717) is 17.8 Å². The summed E-state index contributed by atoms with van der Waals surface area (Å²) in [6.07, 6.45) is 9.90. The lowest BCUT2D eigenvalue weighted by molar-refractivity contribution is 0.477. The Bertz CT molecular complexity index is 1090. The molecule has 2 aromatic rings. The van der Waals surface area contributed by atoms with Crippen molar-refractivity contribution in [3.8, 4) is 0 Å². The van der Waals surface area contributed by atoms with Gasteiger partial charge in [0.2, 0.25) is 0 Å². The molecular formula is C29H36N2. The number of hydrogen-bond donors (Lipinski definition) is 2. The lowest BCUT2D eigenvalue weighted by atomic mass is 9.89. The minimum Gasteiger partial charge on any atom is -0.398 e. The first-order valence-corrected chi connectivity index (χ1v) is 12.4. The summed E-state index contributed by atoms with van der Waals surface area (Å²) in [6, 6.07) is 7.09. The van der Waals surface area contributed by atoms with Gasteiger partial charge in [0.25, 0.3) is 0 Å². The highest BCUT2D eigenvalue weighted by Crippen LogP contribution is 2.57. The van der Waals surface area contributed by atoms with Crippen LogP contribution in [0.2, 0.25) is 0 Å². The van der Waals surface area contributed by atoms with E-state index in [1.165, 1.54) is 83.0 Å². The molecule has 0 bridgehead atoms. The average Bonchev–Trinajstić information content (AvgIpc) is 3.65. The number of anilines is 2. The standard InChI is InChI=1S/C29H36N2/c1-15-11-19-5-4-6-23(19)29(31)27(15)17(3)24-14-25(24)21-12-20-9-10-22(16(2)18-7-8-18)28(30)26(20)13-21/h9-11,16,18,21,24-25H,3-8,12-14,30-31H2,1-2H3/t16-,21?,24?,25?/m1/s1. The Morgan fingerprint density at radius 1 is 1.03 bits per heavy atom. The largest absolute Gasteiger partial charge is 0.398 e. The van der Waals surface area contributed by atoms with Crippen LogP contribution in [-0.4, -0.2) is 0 Å². The molecule has 0 amide bonds. The van der Waals surface area contributed by atoms with E-state index in [2.05, 4.69) is 38.6 Å². The van der Waals surface area contributed by atoms with Gasteiger partial charge in [-0.2, -0.15) is 0 Å². The van der Waals surface area contributed by atoms with E-state index in [1.807, 2.05) is 0 Å². The lowest BCUT2D eigenvalue weighted by Gasteiger charge is -2.18. The van der Waals surface area contributed by atoms with Gasteiger partial charge in [-0.15, -0.1) is 0 Å². The second kappa shape index (κ2) is 6.89. The molecule has 2 aromatic carbocycles. The third-order valence-corrected chi connectivity index (χ3v) is 9.11. The Labute approximate surface area is 187 Å². The van der Waals surface area contributed by atoms with E-state index in [0.717, 1.165) is 36.1 Å². The maximum absolute atomic E-state index is 6.73. The lowest BCUT2D eigenvalue weighted by Crippen LogP contribution is -2.08. The summed E-state index contributed by atoms with van der Waals surface area (Å²) in [5, 5.41) is 0. The van der Waals surface area contributed by atoms with Crippen molar-refractivity contribution in [3.05, 3.63) is 63.7 Å². The molecule has 0 spiro atoms. The summed E-state index contributed by atoms with van der Waals surface area (Å²) in [6.45, 7) is 9.17. The summed E-state index contributed by atoms with van der Waals surface area (Å²) in [7, 11) is 0. The van der Waals surface area contributed by atoms with Crippen LogP contribution >= 0.6 is 0 Å². The van der Waals surface area contributed by atoms with Gasteiger partial charge in [0.15, 0.2) is 0 Å². The topological polar surface area (TPSA) is 52.0 Å². The van der Waals surface area contributed by atoms with Crippen LogP contribution in [0.3, 0.4) is 0 Å². The van der Waals surface area contributed by atoms with Gasteiger partial charge in [-0.3, -0.25) is 0 Å². The number of hydrogen-bond acceptors (Lipinski definition) is 2. The molecule has 0 aromatic heterocycles. The number of rotatable bonds is 5. The van der Waals surface area contributed by atoms with E-state index in [-0.39, 0.29) is 0 Å². The van der Waals surface area contributed by atoms with Crippen LogP contribution in [0.4, 0.5) is 11.4 Å². The molecule has 4 N–H and O–H groups in total. The molecule has 4 aliphatic rings. The predicted octanol–water partition coefficient (Wildman–Crippen LogP) is 6.23.